The van der Waals surface area contributed by atoms with Gasteiger partial charge in [-0.15, -0.1) is 11.3 Å². The standard InChI is InChI=1S/C31H23F5N2O2S/c1-17(39)5-6-18-3-2-4-19(11-18)30(15-31(35,36)16-30)26-14-41-29(38-26)22-12-20(7-8-23(22)32)40-28-24(33)13-25-21(27(28)34)9-10-37-25/h2-4,7-14,37H,5-6,15-16H2,1H3. The highest BCUT2D eigenvalue weighted by atomic mass is 32.1. The van der Waals surface area contributed by atoms with Crippen LogP contribution in [0.2, 0.25) is 0 Å². The summed E-state index contributed by atoms with van der Waals surface area (Å²) in [6.45, 7) is 1.50. The number of ketones is 1. The maximum Gasteiger partial charge on any atom is 0.250 e. The Bertz CT molecular complexity index is 1790. The zero-order valence-corrected chi connectivity index (χ0v) is 22.6. The van der Waals surface area contributed by atoms with Gasteiger partial charge in [0, 0.05) is 53.3 Å². The van der Waals surface area contributed by atoms with Crippen LogP contribution in [-0.4, -0.2) is 21.7 Å². The topological polar surface area (TPSA) is 55.0 Å². The Morgan fingerprint density at radius 2 is 1.85 bits per heavy atom. The van der Waals surface area contributed by atoms with Crippen LogP contribution >= 0.6 is 11.3 Å². The molecule has 1 aliphatic carbocycles. The van der Waals surface area contributed by atoms with Gasteiger partial charge < -0.3 is 14.5 Å². The van der Waals surface area contributed by atoms with Crippen LogP contribution in [0.15, 0.2) is 66.2 Å². The van der Waals surface area contributed by atoms with Gasteiger partial charge in [0.15, 0.2) is 17.4 Å². The lowest BCUT2D eigenvalue weighted by atomic mass is 9.60. The van der Waals surface area contributed by atoms with Crippen LogP contribution in [0.1, 0.15) is 43.0 Å². The van der Waals surface area contributed by atoms with E-state index >= 15 is 0 Å². The summed E-state index contributed by atoms with van der Waals surface area (Å²) >= 11 is 1.08. The van der Waals surface area contributed by atoms with Gasteiger partial charge in [-0.3, -0.25) is 0 Å². The Labute approximate surface area is 235 Å². The predicted molar refractivity (Wildman–Crippen MR) is 146 cm³/mol. The van der Waals surface area contributed by atoms with Crippen LogP contribution in [0, 0.1) is 17.5 Å². The Balaban J connectivity index is 1.34. The molecule has 1 saturated carbocycles. The third kappa shape index (κ3) is 5.01. The Kier molecular flexibility index (Phi) is 6.68. The molecule has 2 aromatic heterocycles. The van der Waals surface area contributed by atoms with E-state index in [2.05, 4.69) is 9.97 Å². The summed E-state index contributed by atoms with van der Waals surface area (Å²) < 4.78 is 78.7. The number of carbonyl (C=O) groups excluding carboxylic acids is 1. The first-order valence-electron chi connectivity index (χ1n) is 12.9. The van der Waals surface area contributed by atoms with Crippen LogP contribution in [0.25, 0.3) is 21.5 Å². The molecule has 1 fully saturated rings. The van der Waals surface area contributed by atoms with Crippen molar-refractivity contribution >= 4 is 28.0 Å². The number of benzene rings is 3. The smallest absolute Gasteiger partial charge is 0.250 e. The Morgan fingerprint density at radius 3 is 2.61 bits per heavy atom. The fraction of sp³-hybridized carbons (Fsp3) is 0.226. The van der Waals surface area contributed by atoms with E-state index in [0.717, 1.165) is 29.0 Å². The second kappa shape index (κ2) is 10.1. The number of hydrogen-bond acceptors (Lipinski definition) is 4. The van der Waals surface area contributed by atoms with Gasteiger partial charge >= 0.3 is 0 Å². The molecule has 0 bridgehead atoms. The molecule has 41 heavy (non-hydrogen) atoms. The number of hydrogen-bond donors (Lipinski definition) is 1. The Hall–Kier alpha value is -4.05. The van der Waals surface area contributed by atoms with E-state index in [1.807, 2.05) is 12.1 Å². The maximum atomic E-state index is 15.0. The zero-order valence-electron chi connectivity index (χ0n) is 21.7. The van der Waals surface area contributed by atoms with E-state index in [1.165, 1.54) is 31.3 Å². The molecule has 0 amide bonds. The number of aryl methyl sites for hydroxylation is 1. The fourth-order valence-electron chi connectivity index (χ4n) is 5.38. The minimum Gasteiger partial charge on any atom is -0.451 e. The SMILES string of the molecule is CC(=O)CCc1cccc(C2(c3csc(-c4cc(Oc5c(F)cc6[nH]ccc6c5F)ccc4F)n3)CC(F)(F)C2)c1. The summed E-state index contributed by atoms with van der Waals surface area (Å²) in [5.74, 6) is -5.98. The summed E-state index contributed by atoms with van der Waals surface area (Å²) in [4.78, 5) is 18.8. The monoisotopic (exact) mass is 582 g/mol. The van der Waals surface area contributed by atoms with Gasteiger partial charge in [0.2, 0.25) is 0 Å². The maximum absolute atomic E-state index is 15.0. The van der Waals surface area contributed by atoms with Crippen molar-refractivity contribution in [2.24, 2.45) is 0 Å². The van der Waals surface area contributed by atoms with Gasteiger partial charge in [0.05, 0.1) is 11.2 Å². The van der Waals surface area contributed by atoms with Crippen LogP contribution in [0.3, 0.4) is 0 Å². The highest BCUT2D eigenvalue weighted by Crippen LogP contribution is 2.57. The summed E-state index contributed by atoms with van der Waals surface area (Å²) in [5.41, 5.74) is 1.10. The molecule has 1 N–H and O–H groups in total. The van der Waals surface area contributed by atoms with Gasteiger partial charge in [0.25, 0.3) is 5.92 Å². The molecule has 210 valence electrons. The van der Waals surface area contributed by atoms with Crippen molar-refractivity contribution in [1.29, 1.82) is 0 Å². The van der Waals surface area contributed by atoms with Crippen molar-refractivity contribution in [3.05, 3.63) is 100 Å². The minimum atomic E-state index is -2.88. The van der Waals surface area contributed by atoms with E-state index in [0.29, 0.717) is 24.1 Å². The van der Waals surface area contributed by atoms with Crippen molar-refractivity contribution in [1.82, 2.24) is 9.97 Å². The van der Waals surface area contributed by atoms with Gasteiger partial charge in [-0.05, 0) is 48.7 Å². The number of ether oxygens (including phenoxy) is 1. The zero-order chi connectivity index (χ0) is 28.9. The molecule has 0 spiro atoms. The first kappa shape index (κ1) is 27.1. The van der Waals surface area contributed by atoms with Crippen molar-refractivity contribution < 1.29 is 31.5 Å². The number of H-pyrrole nitrogens is 1. The minimum absolute atomic E-state index is 0.0127. The first-order chi connectivity index (χ1) is 19.5. The van der Waals surface area contributed by atoms with Crippen LogP contribution in [0.5, 0.6) is 11.5 Å². The number of thiazole rings is 1. The van der Waals surface area contributed by atoms with E-state index in [9.17, 15) is 26.7 Å². The van der Waals surface area contributed by atoms with Crippen LogP contribution in [-0.2, 0) is 16.6 Å². The molecular formula is C31H23F5N2O2S. The summed E-state index contributed by atoms with van der Waals surface area (Å²) in [6, 6.07) is 13.4. The van der Waals surface area contributed by atoms with Crippen molar-refractivity contribution in [3.8, 4) is 22.1 Å². The number of rotatable bonds is 8. The summed E-state index contributed by atoms with van der Waals surface area (Å²) in [5, 5.41) is 1.99. The van der Waals surface area contributed by atoms with Gasteiger partial charge in [-0.25, -0.2) is 26.9 Å². The van der Waals surface area contributed by atoms with Crippen molar-refractivity contribution in [3.63, 3.8) is 0 Å². The number of Topliss-reactive ketones (excluding diaryl/α,β-unsaturated/α-hetero) is 1. The van der Waals surface area contributed by atoms with Gasteiger partial charge in [-0.2, -0.15) is 0 Å². The van der Waals surface area contributed by atoms with Gasteiger partial charge in [0.1, 0.15) is 22.4 Å². The molecular weight excluding hydrogens is 559 g/mol. The quantitative estimate of drug-likeness (QED) is 0.186. The number of aromatic nitrogens is 2. The third-order valence-corrected chi connectivity index (χ3v) is 8.33. The molecule has 0 unspecified atom stereocenters. The summed E-state index contributed by atoms with van der Waals surface area (Å²) in [7, 11) is 0. The average Bonchev–Trinajstić information content (AvgIpc) is 3.60. The average molecular weight is 583 g/mol. The largest absolute Gasteiger partial charge is 0.451 e. The number of alkyl halides is 2. The first-order valence-corrected chi connectivity index (χ1v) is 13.8. The third-order valence-electron chi connectivity index (χ3n) is 7.45. The second-order valence-electron chi connectivity index (χ2n) is 10.4. The molecule has 0 radical (unpaired) electrons. The van der Waals surface area contributed by atoms with E-state index in [-0.39, 0.29) is 33.0 Å². The fourth-order valence-corrected chi connectivity index (χ4v) is 6.32. The van der Waals surface area contributed by atoms with Crippen molar-refractivity contribution in [2.45, 2.75) is 43.9 Å². The number of halogens is 5. The highest BCUT2D eigenvalue weighted by Gasteiger charge is 2.59. The number of nitrogens with zero attached hydrogens (tertiary/aromatic N) is 1. The lowest BCUT2D eigenvalue weighted by molar-refractivity contribution is -0.117. The molecule has 2 heterocycles. The molecule has 4 nitrogen and oxygen atoms in total. The predicted octanol–water partition coefficient (Wildman–Crippen LogP) is 8.74. The van der Waals surface area contributed by atoms with E-state index < -0.39 is 47.4 Å². The van der Waals surface area contributed by atoms with Crippen LogP contribution < -0.4 is 4.74 Å². The second-order valence-corrected chi connectivity index (χ2v) is 11.3. The number of fused-ring (bicyclic) bond motifs is 1. The highest BCUT2D eigenvalue weighted by molar-refractivity contribution is 7.13. The van der Waals surface area contributed by atoms with Crippen molar-refractivity contribution in [2.75, 3.05) is 0 Å². The number of nitrogens with one attached hydrogen (secondary N) is 1. The Morgan fingerprint density at radius 1 is 1.05 bits per heavy atom. The molecule has 0 saturated heterocycles. The van der Waals surface area contributed by atoms with E-state index in [4.69, 9.17) is 4.74 Å². The number of carbonyl (C=O) groups is 1. The molecule has 10 heteroatoms. The molecule has 0 aliphatic heterocycles. The molecule has 5 aromatic rings. The lowest BCUT2D eigenvalue weighted by Gasteiger charge is -2.47. The van der Waals surface area contributed by atoms with Crippen LogP contribution in [0.4, 0.5) is 22.0 Å². The van der Waals surface area contributed by atoms with Gasteiger partial charge in [-0.1, -0.05) is 24.3 Å². The molecule has 3 aromatic carbocycles. The molecule has 0 atom stereocenters. The lowest BCUT2D eigenvalue weighted by Crippen LogP contribution is -2.50. The summed E-state index contributed by atoms with van der Waals surface area (Å²) in [6.07, 6.45) is 1.41. The normalized spacial score (nSPS) is 15.6. The molecule has 1 aliphatic rings. The number of aromatic amines is 1. The molecule has 6 rings (SSSR count). The van der Waals surface area contributed by atoms with E-state index in [1.54, 1.807) is 17.5 Å².